The Balaban J connectivity index is 1.99. The van der Waals surface area contributed by atoms with Crippen molar-refractivity contribution in [3.63, 3.8) is 0 Å². The van der Waals surface area contributed by atoms with E-state index in [1.54, 1.807) is 0 Å². The molecule has 24 heavy (non-hydrogen) atoms. The molecule has 0 radical (unpaired) electrons. The summed E-state index contributed by atoms with van der Waals surface area (Å²) in [7, 11) is 0. The summed E-state index contributed by atoms with van der Waals surface area (Å²) in [6, 6.07) is 12.1. The Morgan fingerprint density at radius 3 is 2.54 bits per heavy atom. The summed E-state index contributed by atoms with van der Waals surface area (Å²) in [5, 5.41) is 10.9. The number of aromatic hydroxyl groups is 1. The molecule has 126 valence electrons. The first kappa shape index (κ1) is 15.8. The molecule has 2 aromatic carbocycles. The predicted molar refractivity (Wildman–Crippen MR) is 101 cm³/mol. The Bertz CT molecular complexity index is 797. The number of anilines is 2. The zero-order valence-electron chi connectivity index (χ0n) is 14.6. The van der Waals surface area contributed by atoms with Crippen LogP contribution >= 0.6 is 11.6 Å². The van der Waals surface area contributed by atoms with Crippen LogP contribution in [0.3, 0.4) is 0 Å². The normalized spacial score (nSPS) is 28.6. The minimum absolute atomic E-state index is 0.00149. The molecule has 1 heterocycles. The first-order valence-electron chi connectivity index (χ1n) is 8.76. The second-order valence-corrected chi connectivity index (χ2v) is 8.27. The van der Waals surface area contributed by atoms with Crippen molar-refractivity contribution in [1.82, 2.24) is 0 Å². The maximum Gasteiger partial charge on any atom is 0.117 e. The van der Waals surface area contributed by atoms with Gasteiger partial charge in [-0.15, -0.1) is 0 Å². The van der Waals surface area contributed by atoms with Crippen LogP contribution in [-0.4, -0.2) is 10.6 Å². The summed E-state index contributed by atoms with van der Waals surface area (Å²) < 4.78 is 0. The van der Waals surface area contributed by atoms with Gasteiger partial charge in [0.15, 0.2) is 0 Å². The van der Waals surface area contributed by atoms with E-state index in [2.05, 4.69) is 36.9 Å². The van der Waals surface area contributed by atoms with Gasteiger partial charge in [0.1, 0.15) is 5.75 Å². The van der Waals surface area contributed by atoms with Crippen molar-refractivity contribution in [2.45, 2.75) is 57.4 Å². The standard InChI is InChI=1S/C21H24ClNO/c1-14-10-16(13-17(24)11-14)23-19-7-6-15(22)12-18(19)20(2)8-4-5-9-21(20,23)3/h6-7,10-13,24H,4-5,8-9H2,1-3H3. The summed E-state index contributed by atoms with van der Waals surface area (Å²) in [6.07, 6.45) is 4.81. The maximum atomic E-state index is 10.1. The third-order valence-corrected chi connectivity index (χ3v) is 6.61. The lowest BCUT2D eigenvalue weighted by molar-refractivity contribution is 0.195. The van der Waals surface area contributed by atoms with Crippen molar-refractivity contribution in [3.05, 3.63) is 52.5 Å². The van der Waals surface area contributed by atoms with E-state index in [0.29, 0.717) is 5.75 Å². The fourth-order valence-corrected chi connectivity index (χ4v) is 5.16. The molecule has 2 atom stereocenters. The topological polar surface area (TPSA) is 23.5 Å². The highest BCUT2D eigenvalue weighted by molar-refractivity contribution is 6.30. The number of nitrogens with zero attached hydrogens (tertiary/aromatic N) is 1. The Labute approximate surface area is 149 Å². The number of hydrogen-bond acceptors (Lipinski definition) is 2. The van der Waals surface area contributed by atoms with Crippen molar-refractivity contribution in [3.8, 4) is 5.75 Å². The third-order valence-electron chi connectivity index (χ3n) is 6.37. The van der Waals surface area contributed by atoms with Crippen molar-refractivity contribution >= 4 is 23.0 Å². The van der Waals surface area contributed by atoms with Gasteiger partial charge in [0, 0.05) is 27.9 Å². The Morgan fingerprint density at radius 2 is 1.79 bits per heavy atom. The molecule has 0 aromatic heterocycles. The molecule has 1 N–H and O–H groups in total. The Hall–Kier alpha value is -1.67. The number of rotatable bonds is 1. The average molecular weight is 342 g/mol. The zero-order chi connectivity index (χ0) is 17.1. The van der Waals surface area contributed by atoms with Gasteiger partial charge >= 0.3 is 0 Å². The van der Waals surface area contributed by atoms with Crippen LogP contribution in [0.4, 0.5) is 11.4 Å². The molecule has 1 fully saturated rings. The maximum absolute atomic E-state index is 10.1. The van der Waals surface area contributed by atoms with Gasteiger partial charge in [0.2, 0.25) is 0 Å². The Kier molecular flexibility index (Phi) is 3.41. The van der Waals surface area contributed by atoms with Gasteiger partial charge in [-0.1, -0.05) is 31.4 Å². The van der Waals surface area contributed by atoms with Crippen molar-refractivity contribution in [2.75, 3.05) is 4.90 Å². The molecular formula is C21H24ClNO. The minimum Gasteiger partial charge on any atom is -0.508 e. The molecule has 3 heteroatoms. The number of fused-ring (bicyclic) bond motifs is 3. The summed E-state index contributed by atoms with van der Waals surface area (Å²) in [4.78, 5) is 2.45. The fourth-order valence-electron chi connectivity index (χ4n) is 4.98. The Morgan fingerprint density at radius 1 is 1.04 bits per heavy atom. The van der Waals surface area contributed by atoms with Crippen LogP contribution in [-0.2, 0) is 5.41 Å². The first-order valence-corrected chi connectivity index (χ1v) is 9.14. The van der Waals surface area contributed by atoms with Gasteiger partial charge < -0.3 is 10.0 Å². The van der Waals surface area contributed by atoms with Gasteiger partial charge in [-0.05, 0) is 68.1 Å². The van der Waals surface area contributed by atoms with E-state index in [4.69, 9.17) is 11.6 Å². The second-order valence-electron chi connectivity index (χ2n) is 7.84. The van der Waals surface area contributed by atoms with E-state index in [1.165, 1.54) is 30.5 Å². The van der Waals surface area contributed by atoms with E-state index in [-0.39, 0.29) is 11.0 Å². The molecule has 1 aliphatic carbocycles. The number of hydrogen-bond donors (Lipinski definition) is 1. The largest absolute Gasteiger partial charge is 0.508 e. The molecule has 2 aliphatic rings. The fraction of sp³-hybridized carbons (Fsp3) is 0.429. The van der Waals surface area contributed by atoms with Gasteiger partial charge in [-0.25, -0.2) is 0 Å². The van der Waals surface area contributed by atoms with Gasteiger partial charge in [-0.2, -0.15) is 0 Å². The number of phenolic OH excluding ortho intramolecular Hbond substituents is 1. The molecule has 0 spiro atoms. The van der Waals surface area contributed by atoms with E-state index >= 15 is 0 Å². The molecule has 2 aromatic rings. The highest BCUT2D eigenvalue weighted by Gasteiger charge is 2.57. The lowest BCUT2D eigenvalue weighted by atomic mass is 9.61. The molecule has 0 amide bonds. The smallest absolute Gasteiger partial charge is 0.117 e. The highest BCUT2D eigenvalue weighted by Crippen LogP contribution is 2.61. The van der Waals surface area contributed by atoms with E-state index < -0.39 is 0 Å². The van der Waals surface area contributed by atoms with Crippen molar-refractivity contribution < 1.29 is 5.11 Å². The predicted octanol–water partition coefficient (Wildman–Crippen LogP) is 6.10. The number of aryl methyl sites for hydroxylation is 1. The summed E-state index contributed by atoms with van der Waals surface area (Å²) in [5.41, 5.74) is 4.80. The van der Waals surface area contributed by atoms with E-state index in [0.717, 1.165) is 22.7 Å². The molecule has 4 rings (SSSR count). The van der Waals surface area contributed by atoms with Crippen LogP contribution in [0.25, 0.3) is 0 Å². The molecule has 2 unspecified atom stereocenters. The molecule has 1 aliphatic heterocycles. The quantitative estimate of drug-likeness (QED) is 0.677. The second kappa shape index (κ2) is 5.16. The molecule has 0 bridgehead atoms. The van der Waals surface area contributed by atoms with Crippen molar-refractivity contribution in [2.24, 2.45) is 0 Å². The third kappa shape index (κ3) is 2.02. The molecule has 2 nitrogen and oxygen atoms in total. The van der Waals surface area contributed by atoms with Gasteiger partial charge in [0.05, 0.1) is 5.54 Å². The SMILES string of the molecule is Cc1cc(O)cc(N2c3ccc(Cl)cc3C3(C)CCCCC23C)c1. The minimum atomic E-state index is -0.00149. The summed E-state index contributed by atoms with van der Waals surface area (Å²) in [5.74, 6) is 0.327. The lowest BCUT2D eigenvalue weighted by Gasteiger charge is -2.50. The van der Waals surface area contributed by atoms with Gasteiger partial charge in [0.25, 0.3) is 0 Å². The average Bonchev–Trinajstić information content (AvgIpc) is 2.71. The van der Waals surface area contributed by atoms with Crippen LogP contribution in [0.1, 0.15) is 50.7 Å². The molecule has 0 saturated heterocycles. The lowest BCUT2D eigenvalue weighted by Crippen LogP contribution is -2.54. The summed E-state index contributed by atoms with van der Waals surface area (Å²) >= 11 is 6.35. The number of benzene rings is 2. The van der Waals surface area contributed by atoms with Crippen LogP contribution in [0, 0.1) is 6.92 Å². The zero-order valence-corrected chi connectivity index (χ0v) is 15.3. The highest BCUT2D eigenvalue weighted by atomic mass is 35.5. The van der Waals surface area contributed by atoms with Crippen molar-refractivity contribution in [1.29, 1.82) is 0 Å². The van der Waals surface area contributed by atoms with E-state index in [1.807, 2.05) is 25.1 Å². The van der Waals surface area contributed by atoms with E-state index in [9.17, 15) is 5.11 Å². The van der Waals surface area contributed by atoms with Crippen LogP contribution in [0.5, 0.6) is 5.75 Å². The first-order chi connectivity index (χ1) is 11.3. The molecular weight excluding hydrogens is 318 g/mol. The van der Waals surface area contributed by atoms with Crippen LogP contribution < -0.4 is 4.90 Å². The molecule has 1 saturated carbocycles. The number of phenols is 1. The number of halogens is 1. The monoisotopic (exact) mass is 341 g/mol. The van der Waals surface area contributed by atoms with Crippen LogP contribution in [0.2, 0.25) is 5.02 Å². The van der Waals surface area contributed by atoms with Crippen LogP contribution in [0.15, 0.2) is 36.4 Å². The van der Waals surface area contributed by atoms with Gasteiger partial charge in [-0.3, -0.25) is 0 Å². The summed E-state index contributed by atoms with van der Waals surface area (Å²) in [6.45, 7) is 6.79.